The van der Waals surface area contributed by atoms with Gasteiger partial charge in [0.2, 0.25) is 0 Å². The van der Waals surface area contributed by atoms with E-state index in [2.05, 4.69) is 10.00 Å². The fraction of sp³-hybridized carbons (Fsp3) is 0.367. The van der Waals surface area contributed by atoms with Gasteiger partial charge in [0.25, 0.3) is 0 Å². The highest BCUT2D eigenvalue weighted by molar-refractivity contribution is 5.75. The van der Waals surface area contributed by atoms with E-state index in [1.54, 1.807) is 9.36 Å². The number of fused-ring (bicyclic) bond motifs is 1. The average Bonchev–Trinajstić information content (AvgIpc) is 3.78. The predicted molar refractivity (Wildman–Crippen MR) is 158 cm³/mol. The molecule has 0 aliphatic carbocycles. The van der Waals surface area contributed by atoms with Crippen LogP contribution in [0.5, 0.6) is 0 Å². The van der Waals surface area contributed by atoms with Gasteiger partial charge in [-0.15, -0.1) is 0 Å². The lowest BCUT2D eigenvalue weighted by molar-refractivity contribution is -0.150. The third-order valence-electron chi connectivity index (χ3n) is 7.73. The summed E-state index contributed by atoms with van der Waals surface area (Å²) in [6, 6.07) is 17.2. The van der Waals surface area contributed by atoms with E-state index in [1.807, 2.05) is 86.1 Å². The van der Waals surface area contributed by atoms with Crippen molar-refractivity contribution in [2.75, 3.05) is 31.2 Å². The Kier molecular flexibility index (Phi) is 7.72. The first-order chi connectivity index (χ1) is 20.4. The van der Waals surface area contributed by atoms with Gasteiger partial charge in [0.05, 0.1) is 18.9 Å². The van der Waals surface area contributed by atoms with Gasteiger partial charge in [0.1, 0.15) is 23.2 Å². The van der Waals surface area contributed by atoms with Gasteiger partial charge in [0, 0.05) is 42.7 Å². The van der Waals surface area contributed by atoms with Crippen molar-refractivity contribution in [3.8, 4) is 28.5 Å². The molecule has 12 nitrogen and oxygen atoms in total. The van der Waals surface area contributed by atoms with Crippen molar-refractivity contribution in [2.24, 2.45) is 11.7 Å². The number of ether oxygens (including phenoxy) is 2. The number of esters is 1. The van der Waals surface area contributed by atoms with E-state index >= 15 is 0 Å². The molecule has 42 heavy (non-hydrogen) atoms. The van der Waals surface area contributed by atoms with E-state index in [4.69, 9.17) is 30.4 Å². The van der Waals surface area contributed by atoms with Gasteiger partial charge in [-0.1, -0.05) is 50.6 Å². The number of anilines is 1. The van der Waals surface area contributed by atoms with Crippen LogP contribution in [0.4, 0.5) is 5.82 Å². The van der Waals surface area contributed by atoms with Crippen LogP contribution in [0.1, 0.15) is 26.0 Å². The van der Waals surface area contributed by atoms with Gasteiger partial charge >= 0.3 is 5.97 Å². The fourth-order valence-electron chi connectivity index (χ4n) is 4.89. The van der Waals surface area contributed by atoms with Crippen LogP contribution in [0.2, 0.25) is 0 Å². The minimum atomic E-state index is -0.666. The van der Waals surface area contributed by atoms with Crippen LogP contribution in [0, 0.1) is 12.8 Å². The first-order valence-corrected chi connectivity index (χ1v) is 14.2. The molecule has 0 saturated carbocycles. The van der Waals surface area contributed by atoms with Gasteiger partial charge < -0.3 is 20.1 Å². The first-order valence-electron chi connectivity index (χ1n) is 14.2. The zero-order chi connectivity index (χ0) is 29.2. The summed E-state index contributed by atoms with van der Waals surface area (Å²) in [5.41, 5.74) is 10.7. The largest absolute Gasteiger partial charge is 0.441 e. The number of nitrogens with two attached hydrogens (primary N) is 1. The number of aromatic nitrogens is 7. The molecule has 1 aliphatic heterocycles. The third-order valence-corrected chi connectivity index (χ3v) is 7.73. The van der Waals surface area contributed by atoms with E-state index in [-0.39, 0.29) is 12.6 Å². The number of benzene rings is 1. The molecule has 1 saturated heterocycles. The first kappa shape index (κ1) is 27.6. The summed E-state index contributed by atoms with van der Waals surface area (Å²) in [6.07, 6.45) is 2.72. The summed E-state index contributed by atoms with van der Waals surface area (Å²) in [5, 5.41) is 14.4. The highest BCUT2D eigenvalue weighted by atomic mass is 16.5. The molecule has 6 rings (SSSR count). The van der Waals surface area contributed by atoms with Gasteiger partial charge in [-0.05, 0) is 25.0 Å². The molecule has 0 spiro atoms. The second kappa shape index (κ2) is 11.7. The Morgan fingerprint density at radius 2 is 1.79 bits per heavy atom. The van der Waals surface area contributed by atoms with Crippen LogP contribution in [0.15, 0.2) is 60.8 Å². The smallest absolute Gasteiger partial charge is 0.324 e. The molecular formula is C30H35N9O3. The second-order valence-corrected chi connectivity index (χ2v) is 10.6. The molecule has 2 N–H and O–H groups in total. The fourth-order valence-corrected chi connectivity index (χ4v) is 4.89. The molecule has 5 aromatic rings. The molecule has 218 valence electrons. The van der Waals surface area contributed by atoms with Crippen LogP contribution in [-0.4, -0.2) is 72.5 Å². The van der Waals surface area contributed by atoms with E-state index in [0.29, 0.717) is 36.1 Å². The van der Waals surface area contributed by atoms with Crippen LogP contribution in [0.3, 0.4) is 0 Å². The SMILES string of the molecule is CCC(C)[C@H](N)C(=O)OCn1nc(-c2cc3nc(-n4ccc(-c5ccccc5)n4)cc(N4CCOCC4)n3n2)cc1C. The van der Waals surface area contributed by atoms with Crippen molar-refractivity contribution >= 4 is 17.4 Å². The van der Waals surface area contributed by atoms with E-state index in [1.165, 1.54) is 0 Å². The molecule has 1 aromatic carbocycles. The Bertz CT molecular complexity index is 1680. The number of aryl methyl sites for hydroxylation is 1. The Morgan fingerprint density at radius 1 is 1.02 bits per heavy atom. The van der Waals surface area contributed by atoms with E-state index in [0.717, 1.165) is 42.3 Å². The lowest BCUT2D eigenvalue weighted by Crippen LogP contribution is -2.38. The van der Waals surface area contributed by atoms with Crippen molar-refractivity contribution in [3.05, 3.63) is 66.5 Å². The van der Waals surface area contributed by atoms with E-state index < -0.39 is 12.0 Å². The average molecular weight is 570 g/mol. The third kappa shape index (κ3) is 5.50. The number of nitrogens with zero attached hydrogens (tertiary/aromatic N) is 8. The summed E-state index contributed by atoms with van der Waals surface area (Å²) >= 11 is 0. The van der Waals surface area contributed by atoms with Crippen molar-refractivity contribution in [2.45, 2.75) is 40.0 Å². The second-order valence-electron chi connectivity index (χ2n) is 10.6. The zero-order valence-corrected chi connectivity index (χ0v) is 24.1. The van der Waals surface area contributed by atoms with Gasteiger partial charge in [-0.25, -0.2) is 14.3 Å². The normalized spacial score (nSPS) is 15.2. The van der Waals surface area contributed by atoms with Gasteiger partial charge in [-0.2, -0.15) is 19.8 Å². The summed E-state index contributed by atoms with van der Waals surface area (Å²) < 4.78 is 16.3. The van der Waals surface area contributed by atoms with Crippen LogP contribution in [0.25, 0.3) is 34.1 Å². The van der Waals surface area contributed by atoms with Crippen molar-refractivity contribution in [1.29, 1.82) is 0 Å². The summed E-state index contributed by atoms with van der Waals surface area (Å²) in [7, 11) is 0. The quantitative estimate of drug-likeness (QED) is 0.265. The summed E-state index contributed by atoms with van der Waals surface area (Å²) in [4.78, 5) is 19.6. The molecule has 1 fully saturated rings. The molecule has 0 amide bonds. The maximum absolute atomic E-state index is 12.4. The number of carbonyl (C=O) groups excluding carboxylic acids is 1. The minimum absolute atomic E-state index is 0.0212. The Labute approximate surface area is 243 Å². The highest BCUT2D eigenvalue weighted by Gasteiger charge is 2.23. The molecular weight excluding hydrogens is 534 g/mol. The summed E-state index contributed by atoms with van der Waals surface area (Å²) in [6.45, 7) is 8.56. The predicted octanol–water partition coefficient (Wildman–Crippen LogP) is 3.46. The molecule has 1 unspecified atom stereocenters. The molecule has 12 heteroatoms. The lowest BCUT2D eigenvalue weighted by Gasteiger charge is -2.29. The van der Waals surface area contributed by atoms with Crippen molar-refractivity contribution in [3.63, 3.8) is 0 Å². The molecule has 5 heterocycles. The Hall–Kier alpha value is -4.55. The van der Waals surface area contributed by atoms with Crippen LogP contribution in [-0.2, 0) is 21.0 Å². The van der Waals surface area contributed by atoms with Crippen molar-refractivity contribution < 1.29 is 14.3 Å². The molecule has 0 bridgehead atoms. The number of hydrogen-bond donors (Lipinski definition) is 1. The van der Waals surface area contributed by atoms with Crippen LogP contribution < -0.4 is 10.6 Å². The monoisotopic (exact) mass is 569 g/mol. The minimum Gasteiger partial charge on any atom is -0.441 e. The van der Waals surface area contributed by atoms with Crippen molar-refractivity contribution in [1.82, 2.24) is 34.2 Å². The molecule has 1 aliphatic rings. The van der Waals surface area contributed by atoms with Crippen LogP contribution >= 0.6 is 0 Å². The zero-order valence-electron chi connectivity index (χ0n) is 24.1. The number of rotatable bonds is 9. The lowest BCUT2D eigenvalue weighted by atomic mass is 10.0. The standard InChI is InChI=1S/C30H35N9O3/c1-4-20(2)29(31)30(40)42-19-38-21(3)16-24(34-38)25-17-27-32-26(18-28(39(27)35-25)36-12-14-41-15-13-36)37-11-10-23(33-37)22-8-6-5-7-9-22/h5-11,16-18,20,29H,4,12-15,19,31H2,1-3H3/t20?,29-/m0/s1. The Balaban J connectivity index is 1.32. The number of carbonyl (C=O) groups is 1. The summed E-state index contributed by atoms with van der Waals surface area (Å²) in [5.74, 6) is 1.18. The van der Waals surface area contributed by atoms with Gasteiger partial charge in [0.15, 0.2) is 18.2 Å². The number of hydrogen-bond acceptors (Lipinski definition) is 9. The Morgan fingerprint density at radius 3 is 2.55 bits per heavy atom. The highest BCUT2D eigenvalue weighted by Crippen LogP contribution is 2.26. The molecule has 0 radical (unpaired) electrons. The van der Waals surface area contributed by atoms with E-state index in [9.17, 15) is 4.79 Å². The molecule has 4 aromatic heterocycles. The maximum Gasteiger partial charge on any atom is 0.324 e. The van der Waals surface area contributed by atoms with Gasteiger partial charge in [-0.3, -0.25) is 4.79 Å². The topological polar surface area (TPSA) is 131 Å². The number of morpholine rings is 1. The molecule has 2 atom stereocenters. The maximum atomic E-state index is 12.4.